The van der Waals surface area contributed by atoms with Gasteiger partial charge in [-0.05, 0) is 25.5 Å². The van der Waals surface area contributed by atoms with Crippen molar-refractivity contribution in [2.45, 2.75) is 26.3 Å². The summed E-state index contributed by atoms with van der Waals surface area (Å²) in [7, 11) is 1.96. The van der Waals surface area contributed by atoms with E-state index in [2.05, 4.69) is 54.7 Å². The molecule has 0 aliphatic heterocycles. The lowest BCUT2D eigenvalue weighted by Crippen LogP contribution is -2.22. The molecule has 0 saturated carbocycles. The molecule has 3 heteroatoms. The molecular weight excluding hydrogens is 222 g/mol. The fourth-order valence-electron chi connectivity index (χ4n) is 2.13. The summed E-state index contributed by atoms with van der Waals surface area (Å²) in [6.45, 7) is 5.22. The standard InChI is InChI=1S/C15H21N3/c1-4-16-15(14-10-17-18(3)11-14)9-13-7-5-12(2)6-8-13/h5-8,10-11,15-16H,4,9H2,1-3H3. The van der Waals surface area contributed by atoms with E-state index in [0.29, 0.717) is 6.04 Å². The maximum Gasteiger partial charge on any atom is 0.0537 e. The Kier molecular flexibility index (Phi) is 4.15. The minimum absolute atomic E-state index is 0.339. The second-order valence-electron chi connectivity index (χ2n) is 4.75. The summed E-state index contributed by atoms with van der Waals surface area (Å²) < 4.78 is 1.86. The molecule has 2 rings (SSSR count). The van der Waals surface area contributed by atoms with Gasteiger partial charge in [0.05, 0.1) is 6.20 Å². The van der Waals surface area contributed by atoms with Crippen molar-refractivity contribution in [2.24, 2.45) is 7.05 Å². The first-order chi connectivity index (χ1) is 8.69. The third-order valence-corrected chi connectivity index (χ3v) is 3.14. The zero-order valence-corrected chi connectivity index (χ0v) is 11.4. The molecule has 1 unspecified atom stereocenters. The molecule has 1 heterocycles. The van der Waals surface area contributed by atoms with Crippen molar-refractivity contribution in [2.75, 3.05) is 6.54 Å². The molecular formula is C15H21N3. The minimum Gasteiger partial charge on any atom is -0.310 e. The van der Waals surface area contributed by atoms with Crippen LogP contribution in [0.2, 0.25) is 0 Å². The Morgan fingerprint density at radius 3 is 2.56 bits per heavy atom. The van der Waals surface area contributed by atoms with Gasteiger partial charge in [-0.15, -0.1) is 0 Å². The molecule has 0 radical (unpaired) electrons. The number of hydrogen-bond donors (Lipinski definition) is 1. The largest absolute Gasteiger partial charge is 0.310 e. The molecule has 1 aromatic heterocycles. The van der Waals surface area contributed by atoms with Gasteiger partial charge in [-0.25, -0.2) is 0 Å². The monoisotopic (exact) mass is 243 g/mol. The molecule has 3 nitrogen and oxygen atoms in total. The Bertz CT molecular complexity index is 485. The second-order valence-corrected chi connectivity index (χ2v) is 4.75. The van der Waals surface area contributed by atoms with Crippen LogP contribution in [0.15, 0.2) is 36.7 Å². The highest BCUT2D eigenvalue weighted by Crippen LogP contribution is 2.18. The van der Waals surface area contributed by atoms with E-state index in [9.17, 15) is 0 Å². The van der Waals surface area contributed by atoms with E-state index in [1.165, 1.54) is 16.7 Å². The van der Waals surface area contributed by atoms with Crippen molar-refractivity contribution in [1.29, 1.82) is 0 Å². The van der Waals surface area contributed by atoms with E-state index >= 15 is 0 Å². The molecule has 1 N–H and O–H groups in total. The summed E-state index contributed by atoms with van der Waals surface area (Å²) in [6.07, 6.45) is 5.03. The fourth-order valence-corrected chi connectivity index (χ4v) is 2.13. The predicted molar refractivity (Wildman–Crippen MR) is 74.5 cm³/mol. The average Bonchev–Trinajstić information content (AvgIpc) is 2.78. The summed E-state index contributed by atoms with van der Waals surface area (Å²) in [5.74, 6) is 0. The second kappa shape index (κ2) is 5.83. The molecule has 2 aromatic rings. The van der Waals surface area contributed by atoms with E-state index in [1.807, 2.05) is 17.9 Å². The van der Waals surface area contributed by atoms with E-state index in [4.69, 9.17) is 0 Å². The summed E-state index contributed by atoms with van der Waals surface area (Å²) in [4.78, 5) is 0. The third-order valence-electron chi connectivity index (χ3n) is 3.14. The minimum atomic E-state index is 0.339. The van der Waals surface area contributed by atoms with Crippen LogP contribution in [0.1, 0.15) is 29.7 Å². The average molecular weight is 243 g/mol. The molecule has 1 aromatic carbocycles. The van der Waals surface area contributed by atoms with Gasteiger partial charge < -0.3 is 5.32 Å². The quantitative estimate of drug-likeness (QED) is 0.875. The fraction of sp³-hybridized carbons (Fsp3) is 0.400. The first-order valence-corrected chi connectivity index (χ1v) is 6.46. The number of likely N-dealkylation sites (N-methyl/N-ethyl adjacent to an activating group) is 1. The lowest BCUT2D eigenvalue weighted by atomic mass is 10.0. The Morgan fingerprint density at radius 1 is 1.28 bits per heavy atom. The van der Waals surface area contributed by atoms with Gasteiger partial charge in [0.1, 0.15) is 0 Å². The maximum absolute atomic E-state index is 4.25. The molecule has 0 aliphatic carbocycles. The highest BCUT2D eigenvalue weighted by molar-refractivity contribution is 5.24. The number of nitrogens with one attached hydrogen (secondary N) is 1. The van der Waals surface area contributed by atoms with Crippen molar-refractivity contribution in [3.63, 3.8) is 0 Å². The van der Waals surface area contributed by atoms with Crippen molar-refractivity contribution < 1.29 is 0 Å². The van der Waals surface area contributed by atoms with Crippen LogP contribution in [0.3, 0.4) is 0 Å². The zero-order chi connectivity index (χ0) is 13.0. The van der Waals surface area contributed by atoms with Gasteiger partial charge in [-0.1, -0.05) is 36.8 Å². The molecule has 0 bridgehead atoms. The molecule has 96 valence electrons. The van der Waals surface area contributed by atoms with Gasteiger partial charge >= 0.3 is 0 Å². The Morgan fingerprint density at radius 2 is 2.00 bits per heavy atom. The number of benzene rings is 1. The molecule has 18 heavy (non-hydrogen) atoms. The summed E-state index contributed by atoms with van der Waals surface area (Å²) in [5.41, 5.74) is 3.91. The zero-order valence-electron chi connectivity index (χ0n) is 11.4. The molecule has 0 amide bonds. The molecule has 0 aliphatic rings. The Labute approximate surface area is 109 Å². The topological polar surface area (TPSA) is 29.9 Å². The van der Waals surface area contributed by atoms with Crippen LogP contribution in [-0.2, 0) is 13.5 Å². The van der Waals surface area contributed by atoms with Gasteiger partial charge in [0.2, 0.25) is 0 Å². The van der Waals surface area contributed by atoms with E-state index in [1.54, 1.807) is 0 Å². The maximum atomic E-state index is 4.25. The highest BCUT2D eigenvalue weighted by atomic mass is 15.2. The lowest BCUT2D eigenvalue weighted by Gasteiger charge is -2.16. The van der Waals surface area contributed by atoms with Gasteiger partial charge in [0.15, 0.2) is 0 Å². The van der Waals surface area contributed by atoms with Gasteiger partial charge in [-0.2, -0.15) is 5.10 Å². The summed E-state index contributed by atoms with van der Waals surface area (Å²) >= 11 is 0. The number of aryl methyl sites for hydroxylation is 2. The Balaban J connectivity index is 2.13. The number of nitrogens with zero attached hydrogens (tertiary/aromatic N) is 2. The highest BCUT2D eigenvalue weighted by Gasteiger charge is 2.12. The van der Waals surface area contributed by atoms with Gasteiger partial charge in [-0.3, -0.25) is 4.68 Å². The summed E-state index contributed by atoms with van der Waals surface area (Å²) in [5, 5.41) is 7.77. The number of rotatable bonds is 5. The third kappa shape index (κ3) is 3.20. The van der Waals surface area contributed by atoms with Crippen LogP contribution in [0.5, 0.6) is 0 Å². The van der Waals surface area contributed by atoms with Crippen molar-refractivity contribution in [3.05, 3.63) is 53.3 Å². The molecule has 0 saturated heterocycles. The summed E-state index contributed by atoms with van der Waals surface area (Å²) in [6, 6.07) is 9.08. The number of hydrogen-bond acceptors (Lipinski definition) is 2. The molecule has 1 atom stereocenters. The van der Waals surface area contributed by atoms with E-state index < -0.39 is 0 Å². The van der Waals surface area contributed by atoms with Crippen LogP contribution in [0, 0.1) is 6.92 Å². The smallest absolute Gasteiger partial charge is 0.0537 e. The van der Waals surface area contributed by atoms with Crippen LogP contribution in [0.25, 0.3) is 0 Å². The van der Waals surface area contributed by atoms with Crippen molar-refractivity contribution in [1.82, 2.24) is 15.1 Å². The molecule has 0 fully saturated rings. The van der Waals surface area contributed by atoms with Crippen LogP contribution >= 0.6 is 0 Å². The van der Waals surface area contributed by atoms with Gasteiger partial charge in [0, 0.05) is 24.8 Å². The van der Waals surface area contributed by atoms with E-state index in [0.717, 1.165) is 13.0 Å². The van der Waals surface area contributed by atoms with Crippen LogP contribution in [0.4, 0.5) is 0 Å². The first-order valence-electron chi connectivity index (χ1n) is 6.46. The van der Waals surface area contributed by atoms with Crippen LogP contribution in [-0.4, -0.2) is 16.3 Å². The normalized spacial score (nSPS) is 12.6. The first kappa shape index (κ1) is 12.8. The predicted octanol–water partition coefficient (Wildman–Crippen LogP) is 2.62. The van der Waals surface area contributed by atoms with Gasteiger partial charge in [0.25, 0.3) is 0 Å². The van der Waals surface area contributed by atoms with Crippen LogP contribution < -0.4 is 5.32 Å². The van der Waals surface area contributed by atoms with E-state index in [-0.39, 0.29) is 0 Å². The van der Waals surface area contributed by atoms with Crippen molar-refractivity contribution >= 4 is 0 Å². The lowest BCUT2D eigenvalue weighted by molar-refractivity contribution is 0.549. The van der Waals surface area contributed by atoms with Crippen molar-refractivity contribution in [3.8, 4) is 0 Å². The Hall–Kier alpha value is -1.61. The molecule has 0 spiro atoms. The number of aromatic nitrogens is 2. The SMILES string of the molecule is CCNC(Cc1ccc(C)cc1)c1cnn(C)c1.